The maximum atomic E-state index is 13.1. The van der Waals surface area contributed by atoms with Gasteiger partial charge in [-0.15, -0.1) is 10.2 Å². The highest BCUT2D eigenvalue weighted by Gasteiger charge is 2.13. The lowest BCUT2D eigenvalue weighted by atomic mass is 10.2. The van der Waals surface area contributed by atoms with Crippen LogP contribution in [0.2, 0.25) is 0 Å². The Morgan fingerprint density at radius 1 is 1.25 bits per heavy atom. The van der Waals surface area contributed by atoms with E-state index in [1.54, 1.807) is 24.5 Å². The molecule has 0 aliphatic rings. The molecule has 0 fully saturated rings. The third-order valence-electron chi connectivity index (χ3n) is 3.21. The fourth-order valence-corrected chi connectivity index (χ4v) is 2.80. The molecule has 0 saturated carbocycles. The molecule has 122 valence electrons. The first-order chi connectivity index (χ1) is 11.6. The van der Waals surface area contributed by atoms with Crippen LogP contribution < -0.4 is 5.32 Å². The van der Waals surface area contributed by atoms with Crippen molar-refractivity contribution in [2.24, 2.45) is 7.05 Å². The molecule has 0 bridgehead atoms. The minimum absolute atomic E-state index is 0.152. The van der Waals surface area contributed by atoms with Gasteiger partial charge < -0.3 is 9.88 Å². The summed E-state index contributed by atoms with van der Waals surface area (Å²) in [5.74, 6) is 0.221. The average Bonchev–Trinajstić information content (AvgIpc) is 2.94. The summed E-state index contributed by atoms with van der Waals surface area (Å²) in [4.78, 5) is 15.9. The summed E-state index contributed by atoms with van der Waals surface area (Å²) < 4.78 is 14.9. The average molecular weight is 343 g/mol. The summed E-state index contributed by atoms with van der Waals surface area (Å²) >= 11 is 1.26. The first kappa shape index (κ1) is 16.1. The molecule has 0 saturated heterocycles. The topological polar surface area (TPSA) is 72.7 Å². The van der Waals surface area contributed by atoms with Crippen molar-refractivity contribution in [2.75, 3.05) is 11.1 Å². The van der Waals surface area contributed by atoms with E-state index in [-0.39, 0.29) is 11.7 Å². The highest BCUT2D eigenvalue weighted by atomic mass is 32.2. The number of nitrogens with zero attached hydrogens (tertiary/aromatic N) is 4. The largest absolute Gasteiger partial charge is 0.325 e. The fourth-order valence-electron chi connectivity index (χ4n) is 2.09. The van der Waals surface area contributed by atoms with Crippen molar-refractivity contribution in [3.63, 3.8) is 0 Å². The van der Waals surface area contributed by atoms with Gasteiger partial charge in [0.25, 0.3) is 0 Å². The lowest BCUT2D eigenvalue weighted by Crippen LogP contribution is -2.14. The Morgan fingerprint density at radius 3 is 2.79 bits per heavy atom. The number of aromatic nitrogens is 4. The highest BCUT2D eigenvalue weighted by molar-refractivity contribution is 7.99. The summed E-state index contributed by atoms with van der Waals surface area (Å²) in [6.07, 6.45) is 3.37. The lowest BCUT2D eigenvalue weighted by Gasteiger charge is -2.05. The quantitative estimate of drug-likeness (QED) is 0.721. The monoisotopic (exact) mass is 343 g/mol. The number of halogens is 1. The smallest absolute Gasteiger partial charge is 0.234 e. The summed E-state index contributed by atoms with van der Waals surface area (Å²) in [6.45, 7) is 0. The molecule has 1 N–H and O–H groups in total. The number of rotatable bonds is 5. The van der Waals surface area contributed by atoms with E-state index in [0.717, 1.165) is 5.56 Å². The van der Waals surface area contributed by atoms with E-state index >= 15 is 0 Å². The van der Waals surface area contributed by atoms with E-state index in [9.17, 15) is 9.18 Å². The van der Waals surface area contributed by atoms with E-state index < -0.39 is 5.82 Å². The van der Waals surface area contributed by atoms with E-state index in [1.165, 1.54) is 23.9 Å². The summed E-state index contributed by atoms with van der Waals surface area (Å²) in [6, 6.07) is 9.46. The maximum absolute atomic E-state index is 13.1. The van der Waals surface area contributed by atoms with Gasteiger partial charge >= 0.3 is 0 Å². The number of carbonyl (C=O) groups excluding carboxylic acids is 1. The van der Waals surface area contributed by atoms with Crippen molar-refractivity contribution in [3.8, 4) is 11.4 Å². The molecule has 2 aromatic heterocycles. The molecule has 0 spiro atoms. The van der Waals surface area contributed by atoms with E-state index in [0.29, 0.717) is 16.7 Å². The number of nitrogens with one attached hydrogen (secondary N) is 1. The van der Waals surface area contributed by atoms with Gasteiger partial charge in [-0.1, -0.05) is 17.8 Å². The summed E-state index contributed by atoms with van der Waals surface area (Å²) in [5, 5.41) is 11.5. The maximum Gasteiger partial charge on any atom is 0.234 e. The highest BCUT2D eigenvalue weighted by Crippen LogP contribution is 2.22. The molecule has 6 nitrogen and oxygen atoms in total. The molecular formula is C16H14FN5OS. The Kier molecular flexibility index (Phi) is 4.85. The molecule has 2 heterocycles. The number of pyridine rings is 1. The normalized spacial score (nSPS) is 10.6. The third kappa shape index (κ3) is 3.77. The van der Waals surface area contributed by atoms with Gasteiger partial charge in [-0.2, -0.15) is 0 Å². The van der Waals surface area contributed by atoms with Gasteiger partial charge in [0.05, 0.1) is 5.75 Å². The molecule has 0 radical (unpaired) electrons. The molecule has 0 unspecified atom stereocenters. The molecule has 0 aliphatic carbocycles. The van der Waals surface area contributed by atoms with Gasteiger partial charge in [0.15, 0.2) is 11.0 Å². The molecule has 8 heteroatoms. The molecule has 0 atom stereocenters. The van der Waals surface area contributed by atoms with Crippen LogP contribution in [0.4, 0.5) is 10.1 Å². The van der Waals surface area contributed by atoms with E-state index in [1.807, 2.05) is 23.7 Å². The van der Waals surface area contributed by atoms with Gasteiger partial charge in [-0.25, -0.2) is 4.39 Å². The van der Waals surface area contributed by atoms with Crippen LogP contribution in [-0.2, 0) is 11.8 Å². The van der Waals surface area contributed by atoms with Crippen LogP contribution >= 0.6 is 11.8 Å². The van der Waals surface area contributed by atoms with E-state index in [2.05, 4.69) is 20.5 Å². The zero-order valence-electron chi connectivity index (χ0n) is 12.8. The Labute approximate surface area is 142 Å². The Morgan fingerprint density at radius 2 is 2.04 bits per heavy atom. The standard InChI is InChI=1S/C16H14FN5OS/c1-22-15(11-5-7-18-8-6-11)20-21-16(22)24-10-14(23)19-13-4-2-3-12(17)9-13/h2-9H,10H2,1H3,(H,19,23). The number of benzene rings is 1. The zero-order chi connectivity index (χ0) is 16.9. The predicted octanol–water partition coefficient (Wildman–Crippen LogP) is 2.75. The SMILES string of the molecule is Cn1c(SCC(=O)Nc2cccc(F)c2)nnc1-c1ccncc1. The number of hydrogen-bond acceptors (Lipinski definition) is 5. The minimum atomic E-state index is -0.393. The number of hydrogen-bond donors (Lipinski definition) is 1. The van der Waals surface area contributed by atoms with Crippen molar-refractivity contribution < 1.29 is 9.18 Å². The summed E-state index contributed by atoms with van der Waals surface area (Å²) in [5.41, 5.74) is 1.33. The molecule has 0 aliphatic heterocycles. The molecule has 3 aromatic rings. The number of anilines is 1. The Balaban J connectivity index is 1.63. The first-order valence-electron chi connectivity index (χ1n) is 7.11. The summed E-state index contributed by atoms with van der Waals surface area (Å²) in [7, 11) is 1.84. The number of carbonyl (C=O) groups is 1. The van der Waals surface area contributed by atoms with Gasteiger partial charge in [0, 0.05) is 30.7 Å². The van der Waals surface area contributed by atoms with Crippen LogP contribution in [0.15, 0.2) is 53.9 Å². The minimum Gasteiger partial charge on any atom is -0.325 e. The lowest BCUT2D eigenvalue weighted by molar-refractivity contribution is -0.113. The second-order valence-corrected chi connectivity index (χ2v) is 5.89. The van der Waals surface area contributed by atoms with Gasteiger partial charge in [0.2, 0.25) is 5.91 Å². The second-order valence-electron chi connectivity index (χ2n) is 4.95. The van der Waals surface area contributed by atoms with Crippen molar-refractivity contribution in [1.29, 1.82) is 0 Å². The van der Waals surface area contributed by atoms with Crippen LogP contribution in [0.5, 0.6) is 0 Å². The van der Waals surface area contributed by atoms with Gasteiger partial charge in [-0.3, -0.25) is 9.78 Å². The van der Waals surface area contributed by atoms with Crippen molar-refractivity contribution in [1.82, 2.24) is 19.7 Å². The molecule has 1 amide bonds. The molecule has 24 heavy (non-hydrogen) atoms. The Bertz CT molecular complexity index is 853. The van der Waals surface area contributed by atoms with Crippen LogP contribution in [0, 0.1) is 5.82 Å². The zero-order valence-corrected chi connectivity index (χ0v) is 13.6. The Hall–Kier alpha value is -2.74. The van der Waals surface area contributed by atoms with Crippen LogP contribution in [0.25, 0.3) is 11.4 Å². The third-order valence-corrected chi connectivity index (χ3v) is 4.23. The fraction of sp³-hybridized carbons (Fsp3) is 0.125. The van der Waals surface area contributed by atoms with Crippen LogP contribution in [0.1, 0.15) is 0 Å². The molecular weight excluding hydrogens is 329 g/mol. The molecule has 3 rings (SSSR count). The van der Waals surface area contributed by atoms with Crippen molar-refractivity contribution in [3.05, 3.63) is 54.6 Å². The van der Waals surface area contributed by atoms with Gasteiger partial charge in [-0.05, 0) is 30.3 Å². The van der Waals surface area contributed by atoms with E-state index in [4.69, 9.17) is 0 Å². The number of thioether (sulfide) groups is 1. The molecule has 1 aromatic carbocycles. The van der Waals surface area contributed by atoms with Gasteiger partial charge in [0.1, 0.15) is 5.82 Å². The second kappa shape index (κ2) is 7.22. The van der Waals surface area contributed by atoms with Crippen LogP contribution in [-0.4, -0.2) is 31.4 Å². The first-order valence-corrected chi connectivity index (χ1v) is 8.10. The van der Waals surface area contributed by atoms with Crippen LogP contribution in [0.3, 0.4) is 0 Å². The number of amides is 1. The predicted molar refractivity (Wildman–Crippen MR) is 90.0 cm³/mol. The van der Waals surface area contributed by atoms with Crippen molar-refractivity contribution in [2.45, 2.75) is 5.16 Å². The van der Waals surface area contributed by atoms with Crippen molar-refractivity contribution >= 4 is 23.4 Å².